The van der Waals surface area contributed by atoms with Gasteiger partial charge in [-0.15, -0.1) is 4.83 Å². The van der Waals surface area contributed by atoms with Gasteiger partial charge in [0.1, 0.15) is 0 Å². The molecule has 1 rings (SSSR count). The van der Waals surface area contributed by atoms with Gasteiger partial charge < -0.3 is 10.5 Å². The first-order valence-electron chi connectivity index (χ1n) is 4.62. The Bertz CT molecular complexity index is 554. The van der Waals surface area contributed by atoms with Gasteiger partial charge >= 0.3 is 5.97 Å². The smallest absolute Gasteiger partial charge is 0.337 e. The molecule has 9 heteroatoms. The van der Waals surface area contributed by atoms with Crippen molar-refractivity contribution in [3.63, 3.8) is 0 Å². The molecule has 0 aliphatic carbocycles. The lowest BCUT2D eigenvalue weighted by Gasteiger charge is -2.07. The molecule has 7 nitrogen and oxygen atoms in total. The zero-order chi connectivity index (χ0) is 13.8. The van der Waals surface area contributed by atoms with Gasteiger partial charge in [0.05, 0.1) is 17.6 Å². The highest BCUT2D eigenvalue weighted by Gasteiger charge is 2.14. The van der Waals surface area contributed by atoms with E-state index in [0.717, 1.165) is 0 Å². The van der Waals surface area contributed by atoms with Gasteiger partial charge in [-0.2, -0.15) is 0 Å². The molecule has 0 amide bonds. The van der Waals surface area contributed by atoms with Crippen LogP contribution >= 0.6 is 12.2 Å². The number of carbonyl (C=O) groups excluding carboxylic acids is 1. The molecular weight excluding hydrogens is 278 g/mol. The molecule has 0 saturated heterocycles. The Morgan fingerprint density at radius 1 is 1.33 bits per heavy atom. The van der Waals surface area contributed by atoms with E-state index < -0.39 is 16.0 Å². The molecule has 0 fully saturated rings. The number of hydrazine groups is 1. The van der Waals surface area contributed by atoms with E-state index in [2.05, 4.69) is 22.4 Å². The molecule has 1 aromatic rings. The summed E-state index contributed by atoms with van der Waals surface area (Å²) in [6.45, 7) is 0. The van der Waals surface area contributed by atoms with Crippen LogP contribution in [0.25, 0.3) is 0 Å². The quantitative estimate of drug-likeness (QED) is 0.389. The molecule has 18 heavy (non-hydrogen) atoms. The Kier molecular flexibility index (Phi) is 4.59. The minimum absolute atomic E-state index is 0.0427. The zero-order valence-electron chi connectivity index (χ0n) is 9.34. The van der Waals surface area contributed by atoms with Crippen LogP contribution in [-0.4, -0.2) is 26.6 Å². The van der Waals surface area contributed by atoms with Crippen LogP contribution < -0.4 is 16.0 Å². The second-order valence-electron chi connectivity index (χ2n) is 3.11. The maximum atomic E-state index is 11.7. The number of sulfonamides is 1. The van der Waals surface area contributed by atoms with Crippen LogP contribution in [0.15, 0.2) is 29.2 Å². The Hall–Kier alpha value is -1.71. The molecule has 4 N–H and O–H groups in total. The zero-order valence-corrected chi connectivity index (χ0v) is 11.0. The SMILES string of the molecule is COC(=O)c1ccc(S(=O)(=O)NNC(N)=S)cc1. The van der Waals surface area contributed by atoms with Gasteiger partial charge in [-0.1, -0.05) is 0 Å². The van der Waals surface area contributed by atoms with Gasteiger partial charge in [-0.25, -0.2) is 13.2 Å². The Balaban J connectivity index is 2.91. The molecule has 0 radical (unpaired) electrons. The Morgan fingerprint density at radius 3 is 2.33 bits per heavy atom. The van der Waals surface area contributed by atoms with E-state index in [1.807, 2.05) is 4.83 Å². The van der Waals surface area contributed by atoms with Crippen LogP contribution in [-0.2, 0) is 14.8 Å². The third kappa shape index (κ3) is 3.65. The van der Waals surface area contributed by atoms with Crippen molar-refractivity contribution in [3.8, 4) is 0 Å². The third-order valence-corrected chi connectivity index (χ3v) is 3.26. The summed E-state index contributed by atoms with van der Waals surface area (Å²) >= 11 is 4.46. The number of thiocarbonyl (C=S) groups is 1. The number of methoxy groups -OCH3 is 1. The monoisotopic (exact) mass is 289 g/mol. The molecule has 98 valence electrons. The number of esters is 1. The van der Waals surface area contributed by atoms with Gasteiger partial charge in [0.25, 0.3) is 10.0 Å². The number of hydrogen-bond acceptors (Lipinski definition) is 5. The minimum Gasteiger partial charge on any atom is -0.465 e. The summed E-state index contributed by atoms with van der Waals surface area (Å²) in [4.78, 5) is 13.1. The molecule has 0 atom stereocenters. The number of ether oxygens (including phenoxy) is 1. The third-order valence-electron chi connectivity index (χ3n) is 1.89. The average Bonchev–Trinajstić information content (AvgIpc) is 2.36. The molecule has 0 bridgehead atoms. The minimum atomic E-state index is -3.79. The highest BCUT2D eigenvalue weighted by atomic mass is 32.2. The molecule has 0 saturated carbocycles. The van der Waals surface area contributed by atoms with Gasteiger partial charge in [0.15, 0.2) is 5.11 Å². The number of hydrogen-bond donors (Lipinski definition) is 3. The van der Waals surface area contributed by atoms with E-state index in [1.165, 1.54) is 31.4 Å². The van der Waals surface area contributed by atoms with Crippen LogP contribution in [0, 0.1) is 0 Å². The van der Waals surface area contributed by atoms with Crippen molar-refractivity contribution in [1.82, 2.24) is 10.3 Å². The molecule has 1 aromatic carbocycles. The Morgan fingerprint density at radius 2 is 1.89 bits per heavy atom. The van der Waals surface area contributed by atoms with Crippen LogP contribution in [0.3, 0.4) is 0 Å². The number of nitrogens with one attached hydrogen (secondary N) is 2. The molecule has 0 unspecified atom stereocenters. The second-order valence-corrected chi connectivity index (χ2v) is 5.23. The first-order valence-corrected chi connectivity index (χ1v) is 6.51. The fourth-order valence-electron chi connectivity index (χ4n) is 1.06. The molecule has 0 spiro atoms. The molecular formula is C9H11N3O4S2. The van der Waals surface area contributed by atoms with Crippen molar-refractivity contribution in [2.45, 2.75) is 4.90 Å². The largest absolute Gasteiger partial charge is 0.465 e. The van der Waals surface area contributed by atoms with Crippen LogP contribution in [0.1, 0.15) is 10.4 Å². The maximum Gasteiger partial charge on any atom is 0.337 e. The fourth-order valence-corrected chi connectivity index (χ4v) is 2.04. The van der Waals surface area contributed by atoms with Crippen molar-refractivity contribution in [2.24, 2.45) is 5.73 Å². The summed E-state index contributed by atoms with van der Waals surface area (Å²) in [5.41, 5.74) is 7.45. The van der Waals surface area contributed by atoms with Gasteiger partial charge in [0, 0.05) is 0 Å². The predicted octanol–water partition coefficient (Wildman–Crippen LogP) is -0.500. The van der Waals surface area contributed by atoms with Crippen molar-refractivity contribution in [1.29, 1.82) is 0 Å². The highest BCUT2D eigenvalue weighted by Crippen LogP contribution is 2.10. The summed E-state index contributed by atoms with van der Waals surface area (Å²) in [6, 6.07) is 5.19. The number of carbonyl (C=O) groups is 1. The first kappa shape index (κ1) is 14.4. The normalized spacial score (nSPS) is 10.7. The summed E-state index contributed by atoms with van der Waals surface area (Å²) in [6.07, 6.45) is 0. The Labute approximate surface area is 109 Å². The summed E-state index contributed by atoms with van der Waals surface area (Å²) in [5, 5.41) is -0.204. The highest BCUT2D eigenvalue weighted by molar-refractivity contribution is 7.89. The van der Waals surface area contributed by atoms with Gasteiger partial charge in [-0.05, 0) is 36.5 Å². The van der Waals surface area contributed by atoms with Crippen LogP contribution in [0.4, 0.5) is 0 Å². The average molecular weight is 289 g/mol. The van der Waals surface area contributed by atoms with Crippen LogP contribution in [0.5, 0.6) is 0 Å². The number of benzene rings is 1. The maximum absolute atomic E-state index is 11.7. The van der Waals surface area contributed by atoms with Crippen molar-refractivity contribution >= 4 is 33.3 Å². The van der Waals surface area contributed by atoms with E-state index >= 15 is 0 Å². The first-order chi connectivity index (χ1) is 8.36. The van der Waals surface area contributed by atoms with E-state index in [9.17, 15) is 13.2 Å². The van der Waals surface area contributed by atoms with Crippen molar-refractivity contribution in [2.75, 3.05) is 7.11 Å². The van der Waals surface area contributed by atoms with E-state index in [0.29, 0.717) is 0 Å². The standard InChI is InChI=1S/C9H11N3O4S2/c1-16-8(13)6-2-4-7(5-3-6)18(14,15)12-11-9(10)17/h2-5,12H,1H3,(H3,10,11,17). The fraction of sp³-hybridized carbons (Fsp3) is 0.111. The lowest BCUT2D eigenvalue weighted by atomic mass is 10.2. The lowest BCUT2D eigenvalue weighted by Crippen LogP contribution is -2.44. The van der Waals surface area contributed by atoms with Gasteiger partial charge in [0.2, 0.25) is 0 Å². The van der Waals surface area contributed by atoms with E-state index in [-0.39, 0.29) is 15.6 Å². The number of nitrogens with two attached hydrogens (primary N) is 1. The van der Waals surface area contributed by atoms with E-state index in [4.69, 9.17) is 5.73 Å². The molecule has 0 aromatic heterocycles. The number of rotatable bonds is 4. The second kappa shape index (κ2) is 5.76. The molecule has 0 heterocycles. The van der Waals surface area contributed by atoms with Crippen molar-refractivity contribution in [3.05, 3.63) is 29.8 Å². The molecule has 0 aliphatic rings. The summed E-state index contributed by atoms with van der Waals surface area (Å²) in [5.74, 6) is -0.548. The van der Waals surface area contributed by atoms with E-state index in [1.54, 1.807) is 0 Å². The topological polar surface area (TPSA) is 111 Å². The predicted molar refractivity (Wildman–Crippen MR) is 68.0 cm³/mol. The van der Waals surface area contributed by atoms with Crippen LogP contribution in [0.2, 0.25) is 0 Å². The summed E-state index contributed by atoms with van der Waals surface area (Å²) in [7, 11) is -2.55. The van der Waals surface area contributed by atoms with Gasteiger partial charge in [-0.3, -0.25) is 5.43 Å². The molecule has 0 aliphatic heterocycles. The van der Waals surface area contributed by atoms with Crippen molar-refractivity contribution < 1.29 is 17.9 Å². The lowest BCUT2D eigenvalue weighted by molar-refractivity contribution is 0.0600. The summed E-state index contributed by atoms with van der Waals surface area (Å²) < 4.78 is 27.9.